The van der Waals surface area contributed by atoms with E-state index in [4.69, 9.17) is 24.5 Å². The molecular weight excluding hydrogens is 666 g/mol. The molecule has 0 radical (unpaired) electrons. The molecule has 15 heteroatoms. The predicted octanol–water partition coefficient (Wildman–Crippen LogP) is 6.84. The van der Waals surface area contributed by atoms with Crippen LogP contribution in [0.2, 0.25) is 0 Å². The van der Waals surface area contributed by atoms with Crippen LogP contribution in [0.3, 0.4) is 0 Å². The number of halogens is 4. The number of hydrogen-bond donors (Lipinski definition) is 0. The molecule has 0 bridgehead atoms. The van der Waals surface area contributed by atoms with Crippen molar-refractivity contribution in [1.82, 2.24) is 39.0 Å². The van der Waals surface area contributed by atoms with E-state index < -0.39 is 17.9 Å². The Labute approximate surface area is 292 Å². The van der Waals surface area contributed by atoms with Gasteiger partial charge in [-0.05, 0) is 76.5 Å². The van der Waals surface area contributed by atoms with Gasteiger partial charge in [0.15, 0.2) is 11.9 Å². The number of aromatic nitrogens is 7. The Morgan fingerprint density at radius 1 is 1.02 bits per heavy atom. The van der Waals surface area contributed by atoms with Gasteiger partial charge in [-0.1, -0.05) is 0 Å². The standard InChI is InChI=1S/C36H43F4N9O2/c1-21-16-24-23(18-41-49(24)25-10-5-8-15-50-25)26(28(21)36(38,39)40)29-31-30(46(3)44-29)27-32(45(31)2)42-34(43-33(27)47-12-6-4-7-13-47)51-20-35-11-9-14-48(35)19-22(37)17-35/h16,18,22,25H,4-15,17,19-20H2,1-3H3/t22-,25?,35+/m1/s1. The normalized spacial score (nSPS) is 24.8. The molecule has 8 heterocycles. The van der Waals surface area contributed by atoms with Gasteiger partial charge in [0.05, 0.1) is 39.2 Å². The van der Waals surface area contributed by atoms with E-state index >= 15 is 13.2 Å². The Morgan fingerprint density at radius 3 is 2.61 bits per heavy atom. The van der Waals surface area contributed by atoms with Crippen LogP contribution in [-0.4, -0.2) is 90.1 Å². The zero-order chi connectivity index (χ0) is 35.2. The third-order valence-corrected chi connectivity index (χ3v) is 11.7. The van der Waals surface area contributed by atoms with Crippen LogP contribution in [0.1, 0.15) is 75.1 Å². The average Bonchev–Trinajstić information content (AvgIpc) is 3.91. The van der Waals surface area contributed by atoms with Crippen LogP contribution in [0, 0.1) is 6.92 Å². The summed E-state index contributed by atoms with van der Waals surface area (Å²) in [6, 6.07) is 1.76. The monoisotopic (exact) mass is 709 g/mol. The molecule has 0 aliphatic carbocycles. The Hall–Kier alpha value is -3.98. The van der Waals surface area contributed by atoms with E-state index in [0.717, 1.165) is 76.4 Å². The van der Waals surface area contributed by atoms with E-state index in [9.17, 15) is 4.39 Å². The zero-order valence-electron chi connectivity index (χ0n) is 29.3. The van der Waals surface area contributed by atoms with E-state index in [1.807, 2.05) is 11.6 Å². The van der Waals surface area contributed by atoms with Gasteiger partial charge in [0.25, 0.3) is 0 Å². The summed E-state index contributed by atoms with van der Waals surface area (Å²) in [5.41, 5.74) is 1.46. The number of alkyl halides is 4. The predicted molar refractivity (Wildman–Crippen MR) is 185 cm³/mol. The quantitative estimate of drug-likeness (QED) is 0.177. The summed E-state index contributed by atoms with van der Waals surface area (Å²) in [6.07, 6.45) is 3.63. The van der Waals surface area contributed by atoms with Crippen molar-refractivity contribution in [1.29, 1.82) is 0 Å². The van der Waals surface area contributed by atoms with Crippen LogP contribution in [0.25, 0.3) is 44.2 Å². The highest BCUT2D eigenvalue weighted by molar-refractivity contribution is 6.16. The molecule has 4 aliphatic heterocycles. The van der Waals surface area contributed by atoms with E-state index in [1.54, 1.807) is 22.5 Å². The molecule has 0 N–H and O–H groups in total. The number of fused-ring (bicyclic) bond motifs is 5. The number of aryl methyl sites for hydroxylation is 3. The molecule has 4 saturated heterocycles. The van der Waals surface area contributed by atoms with E-state index in [1.165, 1.54) is 13.1 Å². The summed E-state index contributed by atoms with van der Waals surface area (Å²) in [4.78, 5) is 14.3. The lowest BCUT2D eigenvalue weighted by Crippen LogP contribution is -2.43. The number of benzene rings is 1. The van der Waals surface area contributed by atoms with Gasteiger partial charge in [-0.25, -0.2) is 9.07 Å². The molecule has 1 aromatic carbocycles. The summed E-state index contributed by atoms with van der Waals surface area (Å²) in [7, 11) is 3.57. The third-order valence-electron chi connectivity index (χ3n) is 11.7. The summed E-state index contributed by atoms with van der Waals surface area (Å²) in [6.45, 7) is 5.19. The van der Waals surface area contributed by atoms with Crippen LogP contribution in [-0.2, 0) is 25.0 Å². The molecule has 0 saturated carbocycles. The van der Waals surface area contributed by atoms with Crippen molar-refractivity contribution in [2.75, 3.05) is 44.3 Å². The summed E-state index contributed by atoms with van der Waals surface area (Å²) < 4.78 is 77.5. The summed E-state index contributed by atoms with van der Waals surface area (Å²) >= 11 is 0. The first kappa shape index (κ1) is 32.9. The maximum atomic E-state index is 15.1. The van der Waals surface area contributed by atoms with Crippen LogP contribution in [0.15, 0.2) is 12.3 Å². The lowest BCUT2D eigenvalue weighted by Gasteiger charge is -2.31. The Balaban J connectivity index is 1.25. The van der Waals surface area contributed by atoms with Crippen molar-refractivity contribution in [3.63, 3.8) is 0 Å². The maximum Gasteiger partial charge on any atom is 0.417 e. The zero-order valence-corrected chi connectivity index (χ0v) is 29.3. The SMILES string of the molecule is Cc1cc2c(cnn2C2CCCCO2)c(-c2nn(C)c3c4c(N5CCCCC5)nc(OC[C@@]56CCCN5C[C@H](F)C6)nc4n(C)c23)c1C(F)(F)F. The van der Waals surface area contributed by atoms with Crippen molar-refractivity contribution in [2.24, 2.45) is 14.1 Å². The highest BCUT2D eigenvalue weighted by atomic mass is 19.4. The van der Waals surface area contributed by atoms with E-state index in [0.29, 0.717) is 53.0 Å². The fraction of sp³-hybridized carbons (Fsp3) is 0.611. The molecule has 0 amide bonds. The molecular formula is C36H43F4N9O2. The minimum Gasteiger partial charge on any atom is -0.461 e. The minimum absolute atomic E-state index is 0.0116. The molecule has 272 valence electrons. The summed E-state index contributed by atoms with van der Waals surface area (Å²) in [5.74, 6) is 0.679. The van der Waals surface area contributed by atoms with Gasteiger partial charge in [-0.2, -0.15) is 33.3 Å². The largest absolute Gasteiger partial charge is 0.461 e. The molecule has 9 rings (SSSR count). The van der Waals surface area contributed by atoms with Crippen molar-refractivity contribution in [3.8, 4) is 17.3 Å². The lowest BCUT2D eigenvalue weighted by atomic mass is 9.94. The first-order chi connectivity index (χ1) is 24.5. The van der Waals surface area contributed by atoms with Gasteiger partial charge < -0.3 is 18.9 Å². The van der Waals surface area contributed by atoms with Gasteiger partial charge in [-0.15, -0.1) is 0 Å². The number of rotatable bonds is 6. The first-order valence-corrected chi connectivity index (χ1v) is 18.2. The van der Waals surface area contributed by atoms with Gasteiger partial charge in [0.1, 0.15) is 24.3 Å². The fourth-order valence-electron chi connectivity index (χ4n) is 9.38. The third kappa shape index (κ3) is 5.19. The van der Waals surface area contributed by atoms with Gasteiger partial charge in [0, 0.05) is 57.7 Å². The van der Waals surface area contributed by atoms with Crippen LogP contribution < -0.4 is 9.64 Å². The van der Waals surface area contributed by atoms with E-state index in [-0.39, 0.29) is 41.2 Å². The number of hydrogen-bond acceptors (Lipinski definition) is 8. The molecule has 4 aliphatic rings. The number of piperidine rings is 1. The van der Waals surface area contributed by atoms with Crippen molar-refractivity contribution in [2.45, 2.75) is 88.8 Å². The van der Waals surface area contributed by atoms with Crippen LogP contribution in [0.5, 0.6) is 6.01 Å². The lowest BCUT2D eigenvalue weighted by molar-refractivity contribution is -0.137. The second-order valence-corrected chi connectivity index (χ2v) is 15.0. The van der Waals surface area contributed by atoms with Gasteiger partial charge >= 0.3 is 12.2 Å². The smallest absolute Gasteiger partial charge is 0.417 e. The Kier molecular flexibility index (Phi) is 7.77. The molecule has 11 nitrogen and oxygen atoms in total. The van der Waals surface area contributed by atoms with Crippen LogP contribution in [0.4, 0.5) is 23.4 Å². The summed E-state index contributed by atoms with van der Waals surface area (Å²) in [5, 5.41) is 10.5. The highest BCUT2D eigenvalue weighted by Crippen LogP contribution is 2.48. The maximum absolute atomic E-state index is 15.1. The number of ether oxygens (including phenoxy) is 2. The van der Waals surface area contributed by atoms with Crippen LogP contribution >= 0.6 is 0 Å². The minimum atomic E-state index is -4.66. The molecule has 4 aromatic heterocycles. The molecule has 51 heavy (non-hydrogen) atoms. The first-order valence-electron chi connectivity index (χ1n) is 18.2. The van der Waals surface area contributed by atoms with Gasteiger partial charge in [-0.3, -0.25) is 9.58 Å². The number of anilines is 1. The second kappa shape index (κ2) is 12.0. The van der Waals surface area contributed by atoms with Crippen molar-refractivity contribution >= 4 is 38.8 Å². The Morgan fingerprint density at radius 2 is 1.84 bits per heavy atom. The molecule has 1 unspecified atom stereocenters. The fourth-order valence-corrected chi connectivity index (χ4v) is 9.38. The topological polar surface area (TPSA) is 91.3 Å². The highest BCUT2D eigenvalue weighted by Gasteiger charge is 2.49. The van der Waals surface area contributed by atoms with E-state index in [2.05, 4.69) is 14.9 Å². The molecule has 4 fully saturated rings. The molecule has 0 spiro atoms. The second-order valence-electron chi connectivity index (χ2n) is 15.0. The van der Waals surface area contributed by atoms with Gasteiger partial charge in [0.2, 0.25) is 0 Å². The number of nitrogens with zero attached hydrogens (tertiary/aromatic N) is 9. The van der Waals surface area contributed by atoms with Crippen molar-refractivity contribution < 1.29 is 27.0 Å². The average molecular weight is 710 g/mol. The molecule has 3 atom stereocenters. The molecule has 5 aromatic rings. The van der Waals surface area contributed by atoms with Crippen molar-refractivity contribution in [3.05, 3.63) is 23.4 Å². The Bertz CT molecular complexity index is 2140.